The molecule has 0 aromatic rings. The van der Waals surface area contributed by atoms with Crippen molar-refractivity contribution >= 4 is 17.5 Å². The van der Waals surface area contributed by atoms with Crippen LogP contribution in [0.2, 0.25) is 0 Å². The van der Waals surface area contributed by atoms with Gasteiger partial charge in [-0.2, -0.15) is 0 Å². The average Bonchev–Trinajstić information content (AvgIpc) is 2.87. The molecule has 1 aliphatic rings. The molecule has 0 spiro atoms. The van der Waals surface area contributed by atoms with Gasteiger partial charge < -0.3 is 5.32 Å². The van der Waals surface area contributed by atoms with E-state index in [1.807, 2.05) is 0 Å². The Balaban J connectivity index is 2.45. The Bertz CT molecular complexity index is 257. The van der Waals surface area contributed by atoms with Gasteiger partial charge >= 0.3 is 0 Å². The zero-order valence-electron chi connectivity index (χ0n) is 12.1. The van der Waals surface area contributed by atoms with Crippen molar-refractivity contribution in [2.24, 2.45) is 11.3 Å². The van der Waals surface area contributed by atoms with Crippen LogP contribution in [0.15, 0.2) is 0 Å². The normalized spacial score (nSPS) is 20.1. The Morgan fingerprint density at radius 1 is 1.22 bits per heavy atom. The molecule has 1 amide bonds. The summed E-state index contributed by atoms with van der Waals surface area (Å²) in [6.07, 6.45) is 7.60. The van der Waals surface area contributed by atoms with Gasteiger partial charge in [0, 0.05) is 12.0 Å². The monoisotopic (exact) mass is 273 g/mol. The molecule has 0 bridgehead atoms. The molecule has 0 aromatic carbocycles. The summed E-state index contributed by atoms with van der Waals surface area (Å²) in [5.74, 6) is 0.743. The largest absolute Gasteiger partial charge is 0.354 e. The standard InChI is InChI=1S/C15H28ClNO/c1-4-12(5-2)13(16)11-17-14(18)15(6-3)9-7-8-10-15/h12-13H,4-11H2,1-3H3,(H,17,18). The van der Waals surface area contributed by atoms with E-state index in [1.54, 1.807) is 0 Å². The molecule has 1 aliphatic carbocycles. The van der Waals surface area contributed by atoms with E-state index in [9.17, 15) is 4.79 Å². The molecule has 0 heterocycles. The predicted molar refractivity (Wildman–Crippen MR) is 77.9 cm³/mol. The fraction of sp³-hybridized carbons (Fsp3) is 0.933. The number of carbonyl (C=O) groups is 1. The molecule has 1 rings (SSSR count). The molecule has 0 saturated heterocycles. The van der Waals surface area contributed by atoms with Crippen LogP contribution in [0.3, 0.4) is 0 Å². The molecule has 1 unspecified atom stereocenters. The number of hydrogen-bond donors (Lipinski definition) is 1. The molecule has 0 radical (unpaired) electrons. The first kappa shape index (κ1) is 15.8. The van der Waals surface area contributed by atoms with Crippen molar-refractivity contribution in [1.29, 1.82) is 0 Å². The first-order chi connectivity index (χ1) is 8.59. The zero-order chi connectivity index (χ0) is 13.6. The molecular weight excluding hydrogens is 246 g/mol. The van der Waals surface area contributed by atoms with E-state index in [0.29, 0.717) is 12.5 Å². The SMILES string of the molecule is CCC(CC)C(Cl)CNC(=O)C1(CC)CCCC1. The third-order valence-corrected chi connectivity index (χ3v) is 5.25. The van der Waals surface area contributed by atoms with Crippen LogP contribution >= 0.6 is 11.6 Å². The summed E-state index contributed by atoms with van der Waals surface area (Å²) in [7, 11) is 0. The maximum atomic E-state index is 12.3. The lowest BCUT2D eigenvalue weighted by molar-refractivity contribution is -0.131. The fourth-order valence-corrected chi connectivity index (χ4v) is 3.57. The van der Waals surface area contributed by atoms with Gasteiger partial charge in [-0.3, -0.25) is 4.79 Å². The maximum Gasteiger partial charge on any atom is 0.226 e. The summed E-state index contributed by atoms with van der Waals surface area (Å²) in [5, 5.41) is 3.16. The smallest absolute Gasteiger partial charge is 0.226 e. The van der Waals surface area contributed by atoms with Gasteiger partial charge in [-0.15, -0.1) is 11.6 Å². The Hall–Kier alpha value is -0.240. The summed E-state index contributed by atoms with van der Waals surface area (Å²) in [6.45, 7) is 7.07. The first-order valence-electron chi connectivity index (χ1n) is 7.52. The lowest BCUT2D eigenvalue weighted by Gasteiger charge is -2.27. The van der Waals surface area contributed by atoms with Gasteiger partial charge in [0.2, 0.25) is 5.91 Å². The van der Waals surface area contributed by atoms with E-state index in [0.717, 1.165) is 32.1 Å². The second-order valence-electron chi connectivity index (χ2n) is 5.64. The molecule has 1 saturated carbocycles. The Labute approximate surface area is 117 Å². The van der Waals surface area contributed by atoms with E-state index in [-0.39, 0.29) is 16.7 Å². The van der Waals surface area contributed by atoms with Crippen LogP contribution < -0.4 is 5.32 Å². The summed E-state index contributed by atoms with van der Waals surface area (Å²) >= 11 is 6.37. The highest BCUT2D eigenvalue weighted by Crippen LogP contribution is 2.41. The lowest BCUT2D eigenvalue weighted by atomic mass is 9.82. The van der Waals surface area contributed by atoms with Gasteiger partial charge in [0.1, 0.15) is 0 Å². The minimum absolute atomic E-state index is 0.0688. The summed E-state index contributed by atoms with van der Waals surface area (Å²) in [6, 6.07) is 0. The van der Waals surface area contributed by atoms with Crippen LogP contribution in [0.5, 0.6) is 0 Å². The highest BCUT2D eigenvalue weighted by Gasteiger charge is 2.39. The quantitative estimate of drug-likeness (QED) is 0.695. The van der Waals surface area contributed by atoms with Gasteiger partial charge in [0.25, 0.3) is 0 Å². The summed E-state index contributed by atoms with van der Waals surface area (Å²) in [4.78, 5) is 12.3. The Kier molecular flexibility index (Phi) is 6.48. The van der Waals surface area contributed by atoms with Gasteiger partial charge in [-0.25, -0.2) is 0 Å². The van der Waals surface area contributed by atoms with E-state index in [4.69, 9.17) is 11.6 Å². The maximum absolute atomic E-state index is 12.3. The van der Waals surface area contributed by atoms with Crippen LogP contribution in [0.1, 0.15) is 65.7 Å². The van der Waals surface area contributed by atoms with Crippen LogP contribution in [0.4, 0.5) is 0 Å². The second-order valence-corrected chi connectivity index (χ2v) is 6.20. The van der Waals surface area contributed by atoms with Crippen LogP contribution in [-0.2, 0) is 4.79 Å². The van der Waals surface area contributed by atoms with E-state index in [2.05, 4.69) is 26.1 Å². The van der Waals surface area contributed by atoms with Crippen molar-refractivity contribution in [2.75, 3.05) is 6.54 Å². The molecule has 2 nitrogen and oxygen atoms in total. The van der Waals surface area contributed by atoms with Crippen molar-refractivity contribution in [3.63, 3.8) is 0 Å². The number of nitrogens with one attached hydrogen (secondary N) is 1. The predicted octanol–water partition coefficient (Wildman–Crippen LogP) is 4.12. The van der Waals surface area contributed by atoms with Crippen LogP contribution in [0.25, 0.3) is 0 Å². The zero-order valence-corrected chi connectivity index (χ0v) is 12.9. The van der Waals surface area contributed by atoms with Gasteiger partial charge in [0.15, 0.2) is 0 Å². The topological polar surface area (TPSA) is 29.1 Å². The van der Waals surface area contributed by atoms with Gasteiger partial charge in [-0.05, 0) is 25.2 Å². The van der Waals surface area contributed by atoms with E-state index in [1.165, 1.54) is 12.8 Å². The van der Waals surface area contributed by atoms with Crippen molar-refractivity contribution in [1.82, 2.24) is 5.32 Å². The minimum Gasteiger partial charge on any atom is -0.354 e. The summed E-state index contributed by atoms with van der Waals surface area (Å²) < 4.78 is 0. The minimum atomic E-state index is -0.0927. The lowest BCUT2D eigenvalue weighted by Crippen LogP contribution is -2.42. The Morgan fingerprint density at radius 2 is 1.78 bits per heavy atom. The molecule has 1 fully saturated rings. The molecule has 3 heteroatoms. The van der Waals surface area contributed by atoms with E-state index >= 15 is 0 Å². The van der Waals surface area contributed by atoms with Crippen molar-refractivity contribution < 1.29 is 4.79 Å². The number of carbonyl (C=O) groups excluding carboxylic acids is 1. The van der Waals surface area contributed by atoms with E-state index < -0.39 is 0 Å². The van der Waals surface area contributed by atoms with Crippen LogP contribution in [-0.4, -0.2) is 17.8 Å². The van der Waals surface area contributed by atoms with Crippen LogP contribution in [0, 0.1) is 11.3 Å². The number of hydrogen-bond acceptors (Lipinski definition) is 1. The molecule has 0 aliphatic heterocycles. The molecule has 106 valence electrons. The highest BCUT2D eigenvalue weighted by atomic mass is 35.5. The molecule has 0 aromatic heterocycles. The molecule has 18 heavy (non-hydrogen) atoms. The third-order valence-electron chi connectivity index (χ3n) is 4.74. The third kappa shape index (κ3) is 3.63. The number of halogens is 1. The molecule has 1 N–H and O–H groups in total. The molecular formula is C15H28ClNO. The number of amides is 1. The van der Waals surface area contributed by atoms with Crippen molar-refractivity contribution in [2.45, 2.75) is 71.1 Å². The fourth-order valence-electron chi connectivity index (χ4n) is 3.14. The highest BCUT2D eigenvalue weighted by molar-refractivity contribution is 6.21. The Morgan fingerprint density at radius 3 is 2.22 bits per heavy atom. The summed E-state index contributed by atoms with van der Waals surface area (Å²) in [5.41, 5.74) is -0.0927. The second kappa shape index (κ2) is 7.37. The number of alkyl halides is 1. The average molecular weight is 274 g/mol. The van der Waals surface area contributed by atoms with Crippen molar-refractivity contribution in [3.05, 3.63) is 0 Å². The van der Waals surface area contributed by atoms with Gasteiger partial charge in [0.05, 0.1) is 5.38 Å². The first-order valence-corrected chi connectivity index (χ1v) is 7.95. The van der Waals surface area contributed by atoms with Crippen molar-refractivity contribution in [3.8, 4) is 0 Å². The molecule has 1 atom stereocenters. The number of rotatable bonds is 7. The van der Waals surface area contributed by atoms with Gasteiger partial charge in [-0.1, -0.05) is 46.5 Å².